The van der Waals surface area contributed by atoms with Crippen LogP contribution in [0.15, 0.2) is 36.5 Å². The minimum Gasteiger partial charge on any atom is -0.462 e. The Bertz CT molecular complexity index is 1210. The quantitative estimate of drug-likeness (QED) is 0.0168. The van der Waals surface area contributed by atoms with Gasteiger partial charge in [-0.15, -0.1) is 0 Å². The van der Waals surface area contributed by atoms with E-state index in [9.17, 15) is 34.4 Å². The number of aliphatic hydroxyl groups excluding tert-OH is 4. The van der Waals surface area contributed by atoms with E-state index in [0.717, 1.165) is 44.4 Å². The molecule has 0 aliphatic heterocycles. The van der Waals surface area contributed by atoms with Crippen molar-refractivity contribution in [2.45, 2.75) is 244 Å². The summed E-state index contributed by atoms with van der Waals surface area (Å²) in [5.41, 5.74) is 0. The topological polar surface area (TPSA) is 189 Å². The summed E-state index contributed by atoms with van der Waals surface area (Å²) in [6.07, 6.45) is 39.9. The maximum atomic E-state index is 12.7. The summed E-state index contributed by atoms with van der Waals surface area (Å²) in [6, 6.07) is 0. The van der Waals surface area contributed by atoms with E-state index in [2.05, 4.69) is 49.6 Å². The molecule has 0 aromatic heterocycles. The first kappa shape index (κ1) is 62.1. The van der Waals surface area contributed by atoms with Crippen LogP contribution in [-0.2, 0) is 32.7 Å². The third-order valence-electron chi connectivity index (χ3n) is 11.5. The Kier molecular flexibility index (Phi) is 43.6. The summed E-state index contributed by atoms with van der Waals surface area (Å²) in [4.78, 5) is 35.2. The lowest BCUT2D eigenvalue weighted by molar-refractivity contribution is -0.161. The molecule has 0 aliphatic carbocycles. The third kappa shape index (κ3) is 42.7. The van der Waals surface area contributed by atoms with Gasteiger partial charge < -0.3 is 34.8 Å². The normalized spacial score (nSPS) is 15.4. The van der Waals surface area contributed by atoms with Crippen LogP contribution in [-0.4, -0.2) is 88.1 Å². The van der Waals surface area contributed by atoms with Gasteiger partial charge in [-0.05, 0) is 57.3 Å². The molecule has 6 atom stereocenters. The fourth-order valence-electron chi connectivity index (χ4n) is 7.07. The number of allylic oxidation sites excluding steroid dienone is 5. The number of hydrogen-bond acceptors (Lipinski definition) is 11. The zero-order valence-electron chi connectivity index (χ0n) is 40.6. The minimum absolute atomic E-state index is 0.0707. The van der Waals surface area contributed by atoms with Crippen LogP contribution in [0.4, 0.5) is 0 Å². The maximum absolute atomic E-state index is 12.7. The van der Waals surface area contributed by atoms with Crippen LogP contribution >= 0.6 is 7.82 Å². The Labute approximate surface area is 389 Å². The van der Waals surface area contributed by atoms with Gasteiger partial charge in [0.1, 0.15) is 12.7 Å². The highest BCUT2D eigenvalue weighted by molar-refractivity contribution is 7.47. The van der Waals surface area contributed by atoms with Gasteiger partial charge in [0.05, 0.1) is 32.0 Å². The highest BCUT2D eigenvalue weighted by atomic mass is 31.2. The molecule has 0 heterocycles. The Morgan fingerprint density at radius 1 is 0.562 bits per heavy atom. The van der Waals surface area contributed by atoms with Gasteiger partial charge >= 0.3 is 19.8 Å². The van der Waals surface area contributed by atoms with E-state index in [-0.39, 0.29) is 32.1 Å². The molecule has 0 saturated carbocycles. The maximum Gasteiger partial charge on any atom is 0.472 e. The van der Waals surface area contributed by atoms with Gasteiger partial charge in [-0.1, -0.05) is 192 Å². The van der Waals surface area contributed by atoms with E-state index in [0.29, 0.717) is 6.42 Å². The van der Waals surface area contributed by atoms with Crippen molar-refractivity contribution in [3.63, 3.8) is 0 Å². The van der Waals surface area contributed by atoms with Crippen molar-refractivity contribution < 1.29 is 58.0 Å². The van der Waals surface area contributed by atoms with Crippen molar-refractivity contribution in [2.24, 2.45) is 5.92 Å². The minimum atomic E-state index is -4.69. The van der Waals surface area contributed by atoms with E-state index in [4.69, 9.17) is 19.1 Å². The highest BCUT2D eigenvalue weighted by Crippen LogP contribution is 2.43. The van der Waals surface area contributed by atoms with Crippen LogP contribution in [0.1, 0.15) is 220 Å². The molecule has 12 nitrogen and oxygen atoms in total. The first-order valence-corrected chi connectivity index (χ1v) is 27.0. The van der Waals surface area contributed by atoms with Gasteiger partial charge in [0.25, 0.3) is 0 Å². The molecular formula is C51H95O12P. The number of hydrogen-bond donors (Lipinski definition) is 5. The van der Waals surface area contributed by atoms with E-state index < -0.39 is 70.6 Å². The van der Waals surface area contributed by atoms with Crippen molar-refractivity contribution in [2.75, 3.05) is 26.4 Å². The molecule has 376 valence electrons. The van der Waals surface area contributed by atoms with Crippen LogP contribution in [0.5, 0.6) is 0 Å². The molecule has 0 spiro atoms. The second kappa shape index (κ2) is 44.9. The Morgan fingerprint density at radius 3 is 1.61 bits per heavy atom. The predicted octanol–water partition coefficient (Wildman–Crippen LogP) is 12.1. The predicted molar refractivity (Wildman–Crippen MR) is 259 cm³/mol. The number of carbonyl (C=O) groups is 2. The lowest BCUT2D eigenvalue weighted by atomic mass is 9.99. The first-order valence-electron chi connectivity index (χ1n) is 25.5. The SMILES string of the molecule is CCCCC/C=C\C/C=C\C/C=C\CC(O)C(O)CCCC(=O)OC[C@H](COP(=O)(O)OC[C@@H](O)CO)OC(=O)CCCCCCCCCCCCCCCCCCCCC(C)CC. The fraction of sp³-hybridized carbons (Fsp3) is 0.843. The number of phosphoric acid groups is 1. The molecule has 0 fully saturated rings. The Morgan fingerprint density at radius 2 is 1.06 bits per heavy atom. The summed E-state index contributed by atoms with van der Waals surface area (Å²) < 4.78 is 32.7. The zero-order chi connectivity index (χ0) is 47.4. The van der Waals surface area contributed by atoms with Gasteiger partial charge in [-0.3, -0.25) is 18.6 Å². The summed E-state index contributed by atoms with van der Waals surface area (Å²) in [5, 5.41) is 39.1. The van der Waals surface area contributed by atoms with Gasteiger partial charge in [0, 0.05) is 12.8 Å². The summed E-state index contributed by atoms with van der Waals surface area (Å²) >= 11 is 0. The van der Waals surface area contributed by atoms with E-state index in [1.54, 1.807) is 0 Å². The molecule has 0 bridgehead atoms. The average molecular weight is 931 g/mol. The molecular weight excluding hydrogens is 836 g/mol. The van der Waals surface area contributed by atoms with E-state index in [1.165, 1.54) is 122 Å². The third-order valence-corrected chi connectivity index (χ3v) is 12.5. The number of unbranched alkanes of at least 4 members (excludes halogenated alkanes) is 20. The molecule has 64 heavy (non-hydrogen) atoms. The van der Waals surface area contributed by atoms with E-state index >= 15 is 0 Å². The van der Waals surface area contributed by atoms with Crippen LogP contribution in [0.3, 0.4) is 0 Å². The smallest absolute Gasteiger partial charge is 0.462 e. The Hall–Kier alpha value is -1.89. The van der Waals surface area contributed by atoms with Crippen molar-refractivity contribution in [1.82, 2.24) is 0 Å². The second-order valence-corrected chi connectivity index (χ2v) is 19.2. The highest BCUT2D eigenvalue weighted by Gasteiger charge is 2.27. The van der Waals surface area contributed by atoms with Crippen LogP contribution < -0.4 is 0 Å². The molecule has 0 aromatic rings. The van der Waals surface area contributed by atoms with Crippen molar-refractivity contribution >= 4 is 19.8 Å². The summed E-state index contributed by atoms with van der Waals surface area (Å²) in [5.74, 6) is -0.318. The monoisotopic (exact) mass is 931 g/mol. The second-order valence-electron chi connectivity index (χ2n) is 17.8. The van der Waals surface area contributed by atoms with Crippen LogP contribution in [0.2, 0.25) is 0 Å². The Balaban J connectivity index is 4.36. The van der Waals surface area contributed by atoms with Crippen molar-refractivity contribution in [1.29, 1.82) is 0 Å². The number of aliphatic hydroxyl groups is 4. The summed E-state index contributed by atoms with van der Waals surface area (Å²) in [6.45, 7) is 4.44. The van der Waals surface area contributed by atoms with Gasteiger partial charge in [-0.2, -0.15) is 0 Å². The standard InChI is InChI=1S/C51H95O12P/c1-4-6-7-8-9-10-11-21-24-27-30-33-37-48(54)49(55)38-35-40-50(56)60-43-47(44-62-64(58,59)61-42-46(53)41-52)63-51(57)39-34-31-28-25-22-19-17-15-13-12-14-16-18-20-23-26-29-32-36-45(3)5-2/h9-10,21,24,30,33,45-49,52-55H,4-8,11-20,22-23,25-29,31-32,34-44H2,1-3H3,(H,58,59)/b10-9-,24-21-,33-30-/t45?,46-,47+,48?,49?/m0/s1. The van der Waals surface area contributed by atoms with Crippen molar-refractivity contribution in [3.05, 3.63) is 36.5 Å². The fourth-order valence-corrected chi connectivity index (χ4v) is 7.86. The number of carbonyl (C=O) groups excluding carboxylic acids is 2. The van der Waals surface area contributed by atoms with E-state index in [1.807, 2.05) is 12.2 Å². The number of ether oxygens (including phenoxy) is 2. The molecule has 13 heteroatoms. The molecule has 0 aromatic carbocycles. The number of rotatable bonds is 47. The number of esters is 2. The molecule has 0 saturated heterocycles. The van der Waals surface area contributed by atoms with Crippen LogP contribution in [0, 0.1) is 5.92 Å². The largest absolute Gasteiger partial charge is 0.472 e. The molecule has 5 N–H and O–H groups in total. The molecule has 4 unspecified atom stereocenters. The molecule has 0 aliphatic rings. The molecule has 0 amide bonds. The van der Waals surface area contributed by atoms with Crippen LogP contribution in [0.25, 0.3) is 0 Å². The average Bonchev–Trinajstić information content (AvgIpc) is 3.28. The van der Waals surface area contributed by atoms with Gasteiger partial charge in [0.15, 0.2) is 6.10 Å². The lowest BCUT2D eigenvalue weighted by Crippen LogP contribution is -2.30. The molecule has 0 rings (SSSR count). The lowest BCUT2D eigenvalue weighted by Gasteiger charge is -2.20. The first-order chi connectivity index (χ1) is 30.9. The summed E-state index contributed by atoms with van der Waals surface area (Å²) in [7, 11) is -4.69. The van der Waals surface area contributed by atoms with Crippen molar-refractivity contribution in [3.8, 4) is 0 Å². The van der Waals surface area contributed by atoms with Gasteiger partial charge in [0.2, 0.25) is 0 Å². The number of phosphoric ester groups is 1. The molecule has 0 radical (unpaired) electrons. The zero-order valence-corrected chi connectivity index (χ0v) is 41.5. The van der Waals surface area contributed by atoms with Gasteiger partial charge in [-0.25, -0.2) is 4.57 Å².